The van der Waals surface area contributed by atoms with E-state index in [1.807, 2.05) is 12.3 Å². The molecule has 0 fully saturated rings. The van der Waals surface area contributed by atoms with Crippen LogP contribution in [0.2, 0.25) is 0 Å². The molecule has 0 radical (unpaired) electrons. The van der Waals surface area contributed by atoms with Crippen molar-refractivity contribution in [1.29, 1.82) is 0 Å². The summed E-state index contributed by atoms with van der Waals surface area (Å²) in [6.45, 7) is 0. The lowest BCUT2D eigenvalue weighted by Gasteiger charge is -2.13. The number of amides is 1. The summed E-state index contributed by atoms with van der Waals surface area (Å²) < 4.78 is 0. The average molecular weight is 284 g/mol. The van der Waals surface area contributed by atoms with Gasteiger partial charge in [0, 0.05) is 12.2 Å². The molecule has 4 heteroatoms. The van der Waals surface area contributed by atoms with E-state index in [0.29, 0.717) is 5.56 Å². The quantitative estimate of drug-likeness (QED) is 0.881. The maximum atomic E-state index is 12.4. The minimum Gasteiger partial charge on any atom is -0.349 e. The van der Waals surface area contributed by atoms with Crippen LogP contribution in [0.4, 0.5) is 0 Å². The van der Waals surface area contributed by atoms with Gasteiger partial charge in [-0.25, -0.2) is 4.98 Å². The number of hydrogen-bond donors (Lipinski definition) is 1. The van der Waals surface area contributed by atoms with Gasteiger partial charge in [0.2, 0.25) is 0 Å². The van der Waals surface area contributed by atoms with Gasteiger partial charge in [0.05, 0.1) is 5.56 Å². The van der Waals surface area contributed by atoms with Gasteiger partial charge in [-0.05, 0) is 42.4 Å². The number of rotatable bonds is 3. The second-order valence-corrected chi connectivity index (χ2v) is 5.70. The molecule has 3 nitrogen and oxygen atoms in total. The van der Waals surface area contributed by atoms with Crippen LogP contribution >= 0.6 is 11.8 Å². The predicted molar refractivity (Wildman–Crippen MR) is 81.1 cm³/mol. The van der Waals surface area contributed by atoms with E-state index in [-0.39, 0.29) is 11.9 Å². The summed E-state index contributed by atoms with van der Waals surface area (Å²) in [4.78, 5) is 16.6. The first kappa shape index (κ1) is 13.2. The molecule has 2 aromatic rings. The third kappa shape index (κ3) is 2.56. The van der Waals surface area contributed by atoms with E-state index in [1.54, 1.807) is 12.3 Å². The van der Waals surface area contributed by atoms with Gasteiger partial charge in [-0.1, -0.05) is 24.3 Å². The molecule has 0 bridgehead atoms. The molecule has 1 amide bonds. The summed E-state index contributed by atoms with van der Waals surface area (Å²) in [6, 6.07) is 12.2. The Labute approximate surface area is 122 Å². The maximum Gasteiger partial charge on any atom is 0.254 e. The van der Waals surface area contributed by atoms with Crippen LogP contribution in [0.3, 0.4) is 0 Å². The highest BCUT2D eigenvalue weighted by molar-refractivity contribution is 7.98. The topological polar surface area (TPSA) is 42.0 Å². The fraction of sp³-hybridized carbons (Fsp3) is 0.250. The number of nitrogens with zero attached hydrogens (tertiary/aromatic N) is 1. The van der Waals surface area contributed by atoms with Gasteiger partial charge in [0.25, 0.3) is 5.91 Å². The van der Waals surface area contributed by atoms with E-state index < -0.39 is 0 Å². The molecule has 1 aliphatic rings. The van der Waals surface area contributed by atoms with Gasteiger partial charge in [-0.3, -0.25) is 4.79 Å². The van der Waals surface area contributed by atoms with E-state index >= 15 is 0 Å². The number of thioether (sulfide) groups is 1. The molecule has 0 atom stereocenters. The Balaban J connectivity index is 1.72. The Kier molecular flexibility index (Phi) is 3.74. The van der Waals surface area contributed by atoms with Gasteiger partial charge in [0.15, 0.2) is 0 Å². The van der Waals surface area contributed by atoms with Crippen molar-refractivity contribution in [2.75, 3.05) is 6.26 Å². The standard InChI is InChI=1S/C16H16N2OS/c1-20-16-14(7-4-8-17-16)15(19)18-13-9-11-5-2-3-6-12(11)10-13/h2-8,13H,9-10H2,1H3,(H,18,19). The molecule has 102 valence electrons. The first-order chi connectivity index (χ1) is 9.78. The number of nitrogens with one attached hydrogen (secondary N) is 1. The highest BCUT2D eigenvalue weighted by atomic mass is 32.2. The van der Waals surface area contributed by atoms with Crippen molar-refractivity contribution in [2.24, 2.45) is 0 Å². The highest BCUT2D eigenvalue weighted by Gasteiger charge is 2.23. The van der Waals surface area contributed by atoms with E-state index in [0.717, 1.165) is 17.9 Å². The molecular formula is C16H16N2OS. The Morgan fingerprint density at radius 2 is 1.90 bits per heavy atom. The van der Waals surface area contributed by atoms with Crippen LogP contribution in [-0.4, -0.2) is 23.2 Å². The molecule has 3 rings (SSSR count). The van der Waals surface area contributed by atoms with Crippen molar-refractivity contribution in [1.82, 2.24) is 10.3 Å². The number of aromatic nitrogens is 1. The number of fused-ring (bicyclic) bond motifs is 1. The minimum atomic E-state index is -0.0275. The van der Waals surface area contributed by atoms with E-state index in [4.69, 9.17) is 0 Å². The summed E-state index contributed by atoms with van der Waals surface area (Å²) >= 11 is 1.50. The lowest BCUT2D eigenvalue weighted by Crippen LogP contribution is -2.35. The molecule has 1 aromatic carbocycles. The second kappa shape index (κ2) is 5.67. The zero-order chi connectivity index (χ0) is 13.9. The monoisotopic (exact) mass is 284 g/mol. The van der Waals surface area contributed by atoms with Crippen molar-refractivity contribution in [3.05, 3.63) is 59.3 Å². The SMILES string of the molecule is CSc1ncccc1C(=O)NC1Cc2ccccc2C1. The summed E-state index contributed by atoms with van der Waals surface area (Å²) in [5.41, 5.74) is 3.35. The first-order valence-electron chi connectivity index (χ1n) is 6.64. The van der Waals surface area contributed by atoms with Crippen molar-refractivity contribution in [3.8, 4) is 0 Å². The molecule has 0 spiro atoms. The first-order valence-corrected chi connectivity index (χ1v) is 7.87. The van der Waals surface area contributed by atoms with Crippen molar-refractivity contribution in [2.45, 2.75) is 23.9 Å². The second-order valence-electron chi connectivity index (χ2n) is 4.91. The number of benzene rings is 1. The normalized spacial score (nSPS) is 14.1. The summed E-state index contributed by atoms with van der Waals surface area (Å²) in [5.74, 6) is -0.0275. The van der Waals surface area contributed by atoms with E-state index in [1.165, 1.54) is 22.9 Å². The Bertz CT molecular complexity index is 617. The molecule has 1 N–H and O–H groups in total. The van der Waals surface area contributed by atoms with Crippen LogP contribution in [-0.2, 0) is 12.8 Å². The van der Waals surface area contributed by atoms with Crippen molar-refractivity contribution in [3.63, 3.8) is 0 Å². The van der Waals surface area contributed by atoms with Crippen LogP contribution in [0, 0.1) is 0 Å². The summed E-state index contributed by atoms with van der Waals surface area (Å²) in [7, 11) is 0. The molecule has 1 aromatic heterocycles. The van der Waals surface area contributed by atoms with Crippen LogP contribution in [0.5, 0.6) is 0 Å². The molecule has 20 heavy (non-hydrogen) atoms. The molecule has 1 aliphatic carbocycles. The molecule has 0 saturated heterocycles. The highest BCUT2D eigenvalue weighted by Crippen LogP contribution is 2.23. The molecular weight excluding hydrogens is 268 g/mol. The van der Waals surface area contributed by atoms with Crippen LogP contribution in [0.25, 0.3) is 0 Å². The van der Waals surface area contributed by atoms with Gasteiger partial charge >= 0.3 is 0 Å². The van der Waals surface area contributed by atoms with Crippen LogP contribution in [0.15, 0.2) is 47.6 Å². The Hall–Kier alpha value is -1.81. The van der Waals surface area contributed by atoms with Gasteiger partial charge in [-0.15, -0.1) is 11.8 Å². The number of carbonyl (C=O) groups excluding carboxylic acids is 1. The Morgan fingerprint density at radius 1 is 1.20 bits per heavy atom. The number of carbonyl (C=O) groups is 1. The summed E-state index contributed by atoms with van der Waals surface area (Å²) in [5, 5.41) is 3.90. The van der Waals surface area contributed by atoms with E-state index in [2.05, 4.69) is 34.6 Å². The number of hydrogen-bond acceptors (Lipinski definition) is 3. The van der Waals surface area contributed by atoms with Gasteiger partial charge < -0.3 is 5.32 Å². The fourth-order valence-electron chi connectivity index (χ4n) is 2.65. The summed E-state index contributed by atoms with van der Waals surface area (Å²) in [6.07, 6.45) is 5.48. The fourth-order valence-corrected chi connectivity index (χ4v) is 3.20. The Morgan fingerprint density at radius 3 is 2.55 bits per heavy atom. The van der Waals surface area contributed by atoms with Gasteiger partial charge in [0.1, 0.15) is 5.03 Å². The molecule has 0 unspecified atom stereocenters. The maximum absolute atomic E-state index is 12.4. The lowest BCUT2D eigenvalue weighted by molar-refractivity contribution is 0.0935. The zero-order valence-corrected chi connectivity index (χ0v) is 12.1. The van der Waals surface area contributed by atoms with E-state index in [9.17, 15) is 4.79 Å². The minimum absolute atomic E-state index is 0.0275. The van der Waals surface area contributed by atoms with Crippen molar-refractivity contribution < 1.29 is 4.79 Å². The van der Waals surface area contributed by atoms with Crippen LogP contribution < -0.4 is 5.32 Å². The molecule has 0 aliphatic heterocycles. The zero-order valence-electron chi connectivity index (χ0n) is 11.3. The molecule has 1 heterocycles. The lowest BCUT2D eigenvalue weighted by atomic mass is 10.1. The largest absolute Gasteiger partial charge is 0.349 e. The number of pyridine rings is 1. The third-order valence-electron chi connectivity index (χ3n) is 3.60. The average Bonchev–Trinajstić information content (AvgIpc) is 2.89. The van der Waals surface area contributed by atoms with Crippen molar-refractivity contribution >= 4 is 17.7 Å². The van der Waals surface area contributed by atoms with Gasteiger partial charge in [-0.2, -0.15) is 0 Å². The predicted octanol–water partition coefficient (Wildman–Crippen LogP) is 2.70. The third-order valence-corrected chi connectivity index (χ3v) is 4.31. The molecule has 0 saturated carbocycles. The smallest absolute Gasteiger partial charge is 0.254 e. The van der Waals surface area contributed by atoms with Crippen LogP contribution in [0.1, 0.15) is 21.5 Å².